The van der Waals surface area contributed by atoms with Crippen molar-refractivity contribution < 1.29 is 9.53 Å². The van der Waals surface area contributed by atoms with Crippen LogP contribution in [0.4, 0.5) is 0 Å². The smallest absolute Gasteiger partial charge is 0.266 e. The fraction of sp³-hybridized carbons (Fsp3) is 0.548. The van der Waals surface area contributed by atoms with Crippen molar-refractivity contribution in [2.75, 3.05) is 39.8 Å². The van der Waals surface area contributed by atoms with Gasteiger partial charge in [0.25, 0.3) is 5.91 Å². The van der Waals surface area contributed by atoms with Crippen molar-refractivity contribution in [2.24, 2.45) is 11.8 Å². The van der Waals surface area contributed by atoms with Crippen molar-refractivity contribution in [3.05, 3.63) is 46.5 Å². The molecule has 224 valence electrons. The molecule has 2 N–H and O–H groups in total. The van der Waals surface area contributed by atoms with Crippen LogP contribution < -0.4 is 10.1 Å². The van der Waals surface area contributed by atoms with E-state index in [-0.39, 0.29) is 30.7 Å². The molecule has 3 atom stereocenters. The molecule has 6 nitrogen and oxygen atoms in total. The Labute approximate surface area is 266 Å². The summed E-state index contributed by atoms with van der Waals surface area (Å²) in [6.45, 7) is 5.71. The SMILES string of the molecule is COc1cccc(-c2cc(CCCCCN3CCNCC3)c(/C=C3\SC(=S)N(C4CC5CCC4C5)C3=O)[nH]2)c1.Cl.Cl. The van der Waals surface area contributed by atoms with Gasteiger partial charge in [-0.25, -0.2) is 0 Å². The maximum Gasteiger partial charge on any atom is 0.266 e. The van der Waals surface area contributed by atoms with E-state index in [0.717, 1.165) is 83.3 Å². The van der Waals surface area contributed by atoms with Gasteiger partial charge < -0.3 is 19.9 Å². The van der Waals surface area contributed by atoms with Gasteiger partial charge in [0, 0.05) is 49.2 Å². The number of fused-ring (bicyclic) bond motifs is 2. The van der Waals surface area contributed by atoms with Gasteiger partial charge in [-0.3, -0.25) is 9.69 Å². The second kappa shape index (κ2) is 14.8. The zero-order chi connectivity index (χ0) is 26.8. The number of piperazine rings is 1. The number of benzene rings is 1. The van der Waals surface area contributed by atoms with Crippen LogP contribution in [0.3, 0.4) is 0 Å². The summed E-state index contributed by atoms with van der Waals surface area (Å²) in [7, 11) is 1.70. The van der Waals surface area contributed by atoms with Gasteiger partial charge in [0.1, 0.15) is 10.1 Å². The molecule has 4 fully saturated rings. The van der Waals surface area contributed by atoms with Crippen LogP contribution in [0.15, 0.2) is 35.2 Å². The summed E-state index contributed by atoms with van der Waals surface area (Å²) in [5, 5.41) is 3.43. The first kappa shape index (κ1) is 32.4. The molecule has 1 amide bonds. The molecule has 2 aliphatic heterocycles. The number of thioether (sulfide) groups is 1. The third-order valence-corrected chi connectivity index (χ3v) is 10.4. The highest BCUT2D eigenvalue weighted by molar-refractivity contribution is 8.26. The van der Waals surface area contributed by atoms with Gasteiger partial charge in [-0.15, -0.1) is 24.8 Å². The molecule has 3 unspecified atom stereocenters. The number of hydrogen-bond acceptors (Lipinski definition) is 6. The molecule has 1 aromatic heterocycles. The van der Waals surface area contributed by atoms with E-state index < -0.39 is 0 Å². The minimum absolute atomic E-state index is 0. The predicted octanol–water partition coefficient (Wildman–Crippen LogP) is 6.54. The number of carbonyl (C=O) groups excluding carboxylic acids is 1. The number of aryl methyl sites for hydroxylation is 1. The van der Waals surface area contributed by atoms with Crippen LogP contribution in [-0.2, 0) is 11.2 Å². The number of carbonyl (C=O) groups is 1. The number of nitrogens with one attached hydrogen (secondary N) is 2. The normalized spacial score (nSPS) is 25.0. The average molecular weight is 638 g/mol. The lowest BCUT2D eigenvalue weighted by atomic mass is 9.94. The maximum absolute atomic E-state index is 13.6. The highest BCUT2D eigenvalue weighted by Crippen LogP contribution is 2.49. The summed E-state index contributed by atoms with van der Waals surface area (Å²) < 4.78 is 6.20. The number of halogens is 2. The molecule has 0 radical (unpaired) electrons. The summed E-state index contributed by atoms with van der Waals surface area (Å²) in [4.78, 5) is 22.5. The summed E-state index contributed by atoms with van der Waals surface area (Å²) in [6, 6.07) is 10.7. The van der Waals surface area contributed by atoms with Crippen LogP contribution in [0.2, 0.25) is 0 Å². The molecule has 1 aromatic carbocycles. The van der Waals surface area contributed by atoms with E-state index in [2.05, 4.69) is 39.5 Å². The number of amides is 1. The van der Waals surface area contributed by atoms with E-state index in [1.165, 1.54) is 56.0 Å². The second-order valence-corrected chi connectivity index (χ2v) is 13.2. The second-order valence-electron chi connectivity index (χ2n) is 11.6. The summed E-state index contributed by atoms with van der Waals surface area (Å²) in [5.41, 5.74) is 4.44. The van der Waals surface area contributed by atoms with E-state index in [4.69, 9.17) is 17.0 Å². The molecule has 6 rings (SSSR count). The number of H-pyrrole nitrogens is 1. The van der Waals surface area contributed by atoms with Gasteiger partial charge in [-0.05, 0) is 86.7 Å². The Morgan fingerprint density at radius 2 is 1.93 bits per heavy atom. The van der Waals surface area contributed by atoms with Crippen molar-refractivity contribution in [1.29, 1.82) is 0 Å². The largest absolute Gasteiger partial charge is 0.497 e. The Kier molecular flexibility index (Phi) is 11.6. The van der Waals surface area contributed by atoms with Crippen LogP contribution in [0, 0.1) is 11.8 Å². The van der Waals surface area contributed by atoms with Crippen molar-refractivity contribution in [1.82, 2.24) is 20.1 Å². The minimum Gasteiger partial charge on any atom is -0.497 e. The number of aromatic nitrogens is 1. The third-order valence-electron chi connectivity index (χ3n) is 9.08. The van der Waals surface area contributed by atoms with E-state index >= 15 is 0 Å². The van der Waals surface area contributed by atoms with Crippen LogP contribution >= 0.6 is 48.8 Å². The lowest BCUT2D eigenvalue weighted by Gasteiger charge is -2.30. The van der Waals surface area contributed by atoms with Gasteiger partial charge in [0.05, 0.1) is 12.0 Å². The fourth-order valence-electron chi connectivity index (χ4n) is 6.98. The van der Waals surface area contributed by atoms with Gasteiger partial charge in [0.2, 0.25) is 0 Å². The summed E-state index contributed by atoms with van der Waals surface area (Å²) >= 11 is 7.23. The zero-order valence-corrected chi connectivity index (χ0v) is 27.0. The fourth-order valence-corrected chi connectivity index (χ4v) is 8.34. The van der Waals surface area contributed by atoms with Gasteiger partial charge in [-0.1, -0.05) is 49.0 Å². The lowest BCUT2D eigenvalue weighted by molar-refractivity contribution is -0.124. The molecule has 10 heteroatoms. The van der Waals surface area contributed by atoms with Crippen LogP contribution in [-0.4, -0.2) is 70.9 Å². The number of methoxy groups -OCH3 is 1. The van der Waals surface area contributed by atoms with Gasteiger partial charge in [0.15, 0.2) is 0 Å². The van der Waals surface area contributed by atoms with Crippen molar-refractivity contribution in [3.8, 4) is 17.0 Å². The van der Waals surface area contributed by atoms with Gasteiger partial charge in [-0.2, -0.15) is 0 Å². The zero-order valence-electron chi connectivity index (χ0n) is 23.7. The maximum atomic E-state index is 13.6. The molecule has 41 heavy (non-hydrogen) atoms. The van der Waals surface area contributed by atoms with Gasteiger partial charge >= 0.3 is 0 Å². The first-order valence-electron chi connectivity index (χ1n) is 14.7. The first-order valence-corrected chi connectivity index (χ1v) is 15.9. The number of rotatable bonds is 10. The number of ether oxygens (including phenoxy) is 1. The molecular formula is C31H42Cl2N4O2S2. The van der Waals surface area contributed by atoms with E-state index in [0.29, 0.717) is 12.0 Å². The predicted molar refractivity (Wildman–Crippen MR) is 178 cm³/mol. The highest BCUT2D eigenvalue weighted by Gasteiger charge is 2.48. The van der Waals surface area contributed by atoms with Crippen LogP contribution in [0.1, 0.15) is 56.2 Å². The molecule has 4 aliphatic rings. The molecule has 2 bridgehead atoms. The lowest BCUT2D eigenvalue weighted by Crippen LogP contribution is -2.43. The average Bonchev–Trinajstić information content (AvgIpc) is 3.74. The third kappa shape index (κ3) is 7.34. The van der Waals surface area contributed by atoms with Crippen molar-refractivity contribution in [2.45, 2.75) is 57.4 Å². The molecule has 2 saturated carbocycles. The minimum atomic E-state index is 0. The Balaban J connectivity index is 0.00000194. The van der Waals surface area contributed by atoms with Crippen LogP contribution in [0.25, 0.3) is 17.3 Å². The number of thiocarbonyl (C=S) groups is 1. The Morgan fingerprint density at radius 1 is 1.10 bits per heavy atom. The van der Waals surface area contributed by atoms with E-state index in [1.807, 2.05) is 17.0 Å². The molecule has 2 aromatic rings. The summed E-state index contributed by atoms with van der Waals surface area (Å²) in [5.74, 6) is 2.34. The Morgan fingerprint density at radius 3 is 2.66 bits per heavy atom. The Hall–Kier alpha value is -1.55. The van der Waals surface area contributed by atoms with E-state index in [1.54, 1.807) is 7.11 Å². The number of aromatic amines is 1. The van der Waals surface area contributed by atoms with E-state index in [9.17, 15) is 4.79 Å². The molecule has 2 saturated heterocycles. The number of nitrogens with zero attached hydrogens (tertiary/aromatic N) is 2. The topological polar surface area (TPSA) is 60.6 Å². The highest BCUT2D eigenvalue weighted by atomic mass is 35.5. The quantitative estimate of drug-likeness (QED) is 0.175. The van der Waals surface area contributed by atoms with Crippen molar-refractivity contribution >= 4 is 65.1 Å². The van der Waals surface area contributed by atoms with Crippen LogP contribution in [0.5, 0.6) is 5.75 Å². The monoisotopic (exact) mass is 636 g/mol. The molecule has 2 aliphatic carbocycles. The molecule has 3 heterocycles. The Bertz CT molecular complexity index is 1250. The first-order chi connectivity index (χ1) is 19.1. The standard InChI is InChI=1S/C31H40N4O2S2.2ClH/c1-37-25-8-5-7-22(18-25)26-19-23(6-3-2-4-13-34-14-11-32-12-15-34)27(33-26)20-29-30(36)35(31(38)39-29)28-17-21-9-10-24(28)16-21;;/h5,7-8,18-21,24,28,32-33H,2-4,6,9-17H2,1H3;2*1H/b29-20-;;. The number of hydrogen-bond donors (Lipinski definition) is 2. The number of unbranched alkanes of at least 4 members (excludes halogenated alkanes) is 2. The summed E-state index contributed by atoms with van der Waals surface area (Å²) in [6.07, 6.45) is 11.6. The van der Waals surface area contributed by atoms with Crippen molar-refractivity contribution in [3.63, 3.8) is 0 Å². The molecule has 0 spiro atoms. The molecular weight excluding hydrogens is 595 g/mol.